The Labute approximate surface area is 177 Å². The van der Waals surface area contributed by atoms with E-state index >= 15 is 0 Å². The Morgan fingerprint density at radius 1 is 1.13 bits per heavy atom. The van der Waals surface area contributed by atoms with Crippen molar-refractivity contribution in [2.24, 2.45) is 0 Å². The first-order valence-corrected chi connectivity index (χ1v) is 11.4. The second-order valence-electron chi connectivity index (χ2n) is 7.08. The highest BCUT2D eigenvalue weighted by Crippen LogP contribution is 2.18. The molecule has 0 saturated carbocycles. The molecule has 0 aliphatic rings. The van der Waals surface area contributed by atoms with E-state index in [-0.39, 0.29) is 24.2 Å². The van der Waals surface area contributed by atoms with Gasteiger partial charge in [0.25, 0.3) is 0 Å². The fourth-order valence-electron chi connectivity index (χ4n) is 3.11. The Morgan fingerprint density at radius 2 is 2.00 bits per heavy atom. The van der Waals surface area contributed by atoms with Crippen molar-refractivity contribution >= 4 is 20.8 Å². The van der Waals surface area contributed by atoms with Gasteiger partial charge in [0.15, 0.2) is 0 Å². The summed E-state index contributed by atoms with van der Waals surface area (Å²) in [5.41, 5.74) is 1.11. The second-order valence-corrected chi connectivity index (χ2v) is 8.79. The molecule has 1 aromatic heterocycles. The average molecular weight is 430 g/mol. The number of aliphatic hydroxyl groups excluding tert-OH is 1. The number of fused-ring (bicyclic) bond motifs is 1. The van der Waals surface area contributed by atoms with Gasteiger partial charge in [-0.25, -0.2) is 13.1 Å². The first kappa shape index (κ1) is 22.2. The summed E-state index contributed by atoms with van der Waals surface area (Å²) in [4.78, 5) is 4.29. The number of aromatic nitrogens is 1. The normalized spacial score (nSPS) is 12.7. The number of nitrogens with one attached hydrogen (secondary N) is 2. The third-order valence-electron chi connectivity index (χ3n) is 4.58. The van der Waals surface area contributed by atoms with Crippen LogP contribution >= 0.6 is 0 Å². The minimum atomic E-state index is -3.60. The van der Waals surface area contributed by atoms with Gasteiger partial charge in [0, 0.05) is 30.4 Å². The van der Waals surface area contributed by atoms with Crippen molar-refractivity contribution in [3.05, 3.63) is 66.5 Å². The standard InChI is InChI=1S/C22H27N3O4S/c1-17(15-23-9-7-18-3-2-4-21(13-18)29-12-11-26)25-30(27,28)22-6-5-20-16-24-10-8-19(20)14-22/h2-6,8,10,13-14,16-17,23,25-26H,7,9,11-12,15H2,1H3/t17-/m1/s1. The zero-order valence-corrected chi connectivity index (χ0v) is 17.7. The van der Waals surface area contributed by atoms with Crippen LogP contribution in [-0.2, 0) is 16.4 Å². The molecule has 0 aliphatic heterocycles. The molecule has 0 radical (unpaired) electrons. The van der Waals surface area contributed by atoms with Crippen molar-refractivity contribution in [1.29, 1.82) is 0 Å². The monoisotopic (exact) mass is 429 g/mol. The number of sulfonamides is 1. The van der Waals surface area contributed by atoms with Crippen LogP contribution in [-0.4, -0.2) is 50.9 Å². The van der Waals surface area contributed by atoms with Gasteiger partial charge in [0.1, 0.15) is 12.4 Å². The molecule has 3 N–H and O–H groups in total. The predicted molar refractivity (Wildman–Crippen MR) is 117 cm³/mol. The Bertz CT molecular complexity index is 1070. The van der Waals surface area contributed by atoms with Crippen LogP contribution < -0.4 is 14.8 Å². The van der Waals surface area contributed by atoms with Gasteiger partial charge in [0.2, 0.25) is 10.0 Å². The maximum Gasteiger partial charge on any atom is 0.240 e. The molecule has 0 unspecified atom stereocenters. The molecule has 160 valence electrons. The number of rotatable bonds is 11. The van der Waals surface area contributed by atoms with Crippen molar-refractivity contribution in [3.8, 4) is 5.75 Å². The van der Waals surface area contributed by atoms with E-state index in [1.807, 2.05) is 31.2 Å². The molecule has 8 heteroatoms. The maximum absolute atomic E-state index is 12.7. The molecule has 0 spiro atoms. The van der Waals surface area contributed by atoms with Gasteiger partial charge in [-0.3, -0.25) is 4.98 Å². The summed E-state index contributed by atoms with van der Waals surface area (Å²) >= 11 is 0. The van der Waals surface area contributed by atoms with E-state index in [1.165, 1.54) is 0 Å². The molecule has 30 heavy (non-hydrogen) atoms. The third kappa shape index (κ3) is 6.24. The van der Waals surface area contributed by atoms with Crippen molar-refractivity contribution in [2.45, 2.75) is 24.3 Å². The lowest BCUT2D eigenvalue weighted by atomic mass is 10.1. The molecule has 0 bridgehead atoms. The van der Waals surface area contributed by atoms with E-state index in [4.69, 9.17) is 9.84 Å². The summed E-state index contributed by atoms with van der Waals surface area (Å²) in [6.07, 6.45) is 4.14. The van der Waals surface area contributed by atoms with Gasteiger partial charge >= 0.3 is 0 Å². The lowest BCUT2D eigenvalue weighted by molar-refractivity contribution is 0.201. The summed E-state index contributed by atoms with van der Waals surface area (Å²) in [5, 5.41) is 13.9. The minimum absolute atomic E-state index is 0.0179. The van der Waals surface area contributed by atoms with E-state index in [0.717, 1.165) is 28.5 Å². The highest BCUT2D eigenvalue weighted by atomic mass is 32.2. The number of nitrogens with zero attached hydrogens (tertiary/aromatic N) is 1. The first-order chi connectivity index (χ1) is 14.5. The van der Waals surface area contributed by atoms with E-state index in [2.05, 4.69) is 15.0 Å². The fourth-order valence-corrected chi connectivity index (χ4v) is 4.39. The Balaban J connectivity index is 1.48. The average Bonchev–Trinajstić information content (AvgIpc) is 2.75. The van der Waals surface area contributed by atoms with Gasteiger partial charge < -0.3 is 15.2 Å². The van der Waals surface area contributed by atoms with Gasteiger partial charge in [-0.15, -0.1) is 0 Å². The topological polar surface area (TPSA) is 101 Å². The van der Waals surface area contributed by atoms with E-state index in [1.54, 1.807) is 36.7 Å². The van der Waals surface area contributed by atoms with Gasteiger partial charge in [-0.1, -0.05) is 18.2 Å². The Hall–Kier alpha value is -2.52. The van der Waals surface area contributed by atoms with Crippen LogP contribution in [0.1, 0.15) is 12.5 Å². The third-order valence-corrected chi connectivity index (χ3v) is 6.17. The lowest BCUT2D eigenvalue weighted by Crippen LogP contribution is -2.40. The van der Waals surface area contributed by atoms with Crippen LogP contribution in [0.5, 0.6) is 5.75 Å². The van der Waals surface area contributed by atoms with Crippen molar-refractivity contribution in [1.82, 2.24) is 15.0 Å². The summed E-state index contributed by atoms with van der Waals surface area (Å²) in [5.74, 6) is 0.730. The van der Waals surface area contributed by atoms with Crippen LogP contribution in [0.4, 0.5) is 0 Å². The van der Waals surface area contributed by atoms with Crippen molar-refractivity contribution in [2.75, 3.05) is 26.3 Å². The predicted octanol–water partition coefficient (Wildman–Crippen LogP) is 2.10. The number of hydrogen-bond donors (Lipinski definition) is 3. The summed E-state index contributed by atoms with van der Waals surface area (Å²) < 4.78 is 33.5. The smallest absolute Gasteiger partial charge is 0.240 e. The molecule has 0 fully saturated rings. The molecule has 3 rings (SSSR count). The van der Waals surface area contributed by atoms with Crippen LogP contribution in [0.15, 0.2) is 65.8 Å². The van der Waals surface area contributed by atoms with E-state index < -0.39 is 10.0 Å². The molecule has 0 saturated heterocycles. The quantitative estimate of drug-likeness (QED) is 0.404. The van der Waals surface area contributed by atoms with Crippen molar-refractivity contribution in [3.63, 3.8) is 0 Å². The molecular weight excluding hydrogens is 402 g/mol. The van der Waals surface area contributed by atoms with Gasteiger partial charge in [0.05, 0.1) is 11.5 Å². The van der Waals surface area contributed by atoms with Crippen LogP contribution in [0.3, 0.4) is 0 Å². The second kappa shape index (κ2) is 10.5. The zero-order valence-electron chi connectivity index (χ0n) is 16.9. The first-order valence-electron chi connectivity index (χ1n) is 9.87. The molecule has 2 aromatic carbocycles. The highest BCUT2D eigenvalue weighted by Gasteiger charge is 2.17. The largest absolute Gasteiger partial charge is 0.491 e. The van der Waals surface area contributed by atoms with Crippen LogP contribution in [0.25, 0.3) is 10.8 Å². The SMILES string of the molecule is C[C@H](CNCCc1cccc(OCCO)c1)NS(=O)(=O)c1ccc2cnccc2c1. The number of hydrogen-bond acceptors (Lipinski definition) is 6. The number of ether oxygens (including phenoxy) is 1. The number of benzene rings is 2. The Morgan fingerprint density at radius 3 is 2.83 bits per heavy atom. The van der Waals surface area contributed by atoms with Crippen LogP contribution in [0.2, 0.25) is 0 Å². The summed E-state index contributed by atoms with van der Waals surface area (Å²) in [6.45, 7) is 3.30. The molecule has 1 heterocycles. The summed E-state index contributed by atoms with van der Waals surface area (Å²) in [6, 6.07) is 14.3. The zero-order chi connectivity index (χ0) is 21.4. The van der Waals surface area contributed by atoms with E-state index in [0.29, 0.717) is 13.1 Å². The molecule has 0 aliphatic carbocycles. The number of pyridine rings is 1. The summed E-state index contributed by atoms with van der Waals surface area (Å²) in [7, 11) is -3.60. The molecule has 3 aromatic rings. The van der Waals surface area contributed by atoms with Gasteiger partial charge in [-0.2, -0.15) is 0 Å². The van der Waals surface area contributed by atoms with Gasteiger partial charge in [-0.05, 0) is 61.2 Å². The lowest BCUT2D eigenvalue weighted by Gasteiger charge is -2.15. The molecule has 0 amide bonds. The molecular formula is C22H27N3O4S. The number of aliphatic hydroxyl groups is 1. The fraction of sp³-hybridized carbons (Fsp3) is 0.318. The van der Waals surface area contributed by atoms with Crippen LogP contribution in [0, 0.1) is 0 Å². The Kier molecular flexibility index (Phi) is 7.75. The molecule has 1 atom stereocenters. The maximum atomic E-state index is 12.7. The van der Waals surface area contributed by atoms with Crippen molar-refractivity contribution < 1.29 is 18.3 Å². The highest BCUT2D eigenvalue weighted by molar-refractivity contribution is 7.89. The van der Waals surface area contributed by atoms with E-state index in [9.17, 15) is 8.42 Å². The molecule has 7 nitrogen and oxygen atoms in total. The minimum Gasteiger partial charge on any atom is -0.491 e.